The molecule has 1 aromatic carbocycles. The highest BCUT2D eigenvalue weighted by molar-refractivity contribution is 7.17. The molecule has 3 aromatic rings. The van der Waals surface area contributed by atoms with Gasteiger partial charge in [0, 0.05) is 5.56 Å². The van der Waals surface area contributed by atoms with Gasteiger partial charge in [0.05, 0.1) is 17.1 Å². The molecule has 0 fully saturated rings. The number of thiazole rings is 1. The summed E-state index contributed by atoms with van der Waals surface area (Å²) >= 11 is 0.949. The molecule has 0 spiro atoms. The SMILES string of the molecule is Cc1nc(-c2ccc3oc(OC(F)C(F)F)cc(=O)c3c2)sc1C(=O)O. The number of carboxylic acids is 1. The minimum absolute atomic E-state index is 0.00412. The van der Waals surface area contributed by atoms with Crippen LogP contribution in [-0.4, -0.2) is 28.8 Å². The molecule has 0 aliphatic rings. The normalized spacial score (nSPS) is 12.5. The van der Waals surface area contributed by atoms with Crippen molar-refractivity contribution in [2.45, 2.75) is 19.7 Å². The molecule has 0 aliphatic heterocycles. The molecule has 0 amide bonds. The van der Waals surface area contributed by atoms with Crippen molar-refractivity contribution in [3.63, 3.8) is 0 Å². The molecule has 0 radical (unpaired) electrons. The first-order chi connectivity index (χ1) is 12.3. The Labute approximate surface area is 147 Å². The van der Waals surface area contributed by atoms with Gasteiger partial charge in [0.15, 0.2) is 5.43 Å². The molecular formula is C16H10F3NO5S. The Morgan fingerprint density at radius 2 is 2.04 bits per heavy atom. The van der Waals surface area contributed by atoms with Crippen molar-refractivity contribution in [3.05, 3.63) is 45.1 Å². The summed E-state index contributed by atoms with van der Waals surface area (Å²) in [7, 11) is 0. The highest BCUT2D eigenvalue weighted by atomic mass is 32.1. The van der Waals surface area contributed by atoms with Crippen molar-refractivity contribution < 1.29 is 32.2 Å². The Hall–Kier alpha value is -2.88. The first-order valence-electron chi connectivity index (χ1n) is 7.14. The molecular weight excluding hydrogens is 375 g/mol. The van der Waals surface area contributed by atoms with E-state index in [1.54, 1.807) is 6.92 Å². The molecule has 10 heteroatoms. The Morgan fingerprint density at radius 3 is 2.65 bits per heavy atom. The average Bonchev–Trinajstić information content (AvgIpc) is 2.96. The van der Waals surface area contributed by atoms with Gasteiger partial charge in [0.1, 0.15) is 15.5 Å². The van der Waals surface area contributed by atoms with Crippen molar-refractivity contribution in [2.24, 2.45) is 0 Å². The number of benzene rings is 1. The van der Waals surface area contributed by atoms with Crippen molar-refractivity contribution in [1.29, 1.82) is 0 Å². The van der Waals surface area contributed by atoms with E-state index in [0.717, 1.165) is 17.4 Å². The van der Waals surface area contributed by atoms with Crippen LogP contribution in [0.1, 0.15) is 15.4 Å². The van der Waals surface area contributed by atoms with Gasteiger partial charge in [0.25, 0.3) is 5.95 Å². The third-order valence-electron chi connectivity index (χ3n) is 3.37. The third-order valence-corrected chi connectivity index (χ3v) is 4.56. The van der Waals surface area contributed by atoms with Crippen molar-refractivity contribution in [3.8, 4) is 16.5 Å². The van der Waals surface area contributed by atoms with Gasteiger partial charge in [-0.1, -0.05) is 0 Å². The maximum atomic E-state index is 12.9. The molecule has 1 atom stereocenters. The molecule has 26 heavy (non-hydrogen) atoms. The molecule has 2 aromatic heterocycles. The van der Waals surface area contributed by atoms with Crippen LogP contribution in [0.15, 0.2) is 33.5 Å². The van der Waals surface area contributed by atoms with Crippen LogP contribution in [0.4, 0.5) is 13.2 Å². The van der Waals surface area contributed by atoms with Crippen LogP contribution < -0.4 is 10.2 Å². The second-order valence-corrected chi connectivity index (χ2v) is 6.18. The van der Waals surface area contributed by atoms with Gasteiger partial charge < -0.3 is 14.3 Å². The monoisotopic (exact) mass is 385 g/mol. The number of carboxylic acid groups (broad SMARTS) is 1. The maximum absolute atomic E-state index is 12.9. The first kappa shape index (κ1) is 17.9. The van der Waals surface area contributed by atoms with E-state index in [1.807, 2.05) is 0 Å². The number of hydrogen-bond acceptors (Lipinski definition) is 6. The quantitative estimate of drug-likeness (QED) is 0.717. The van der Waals surface area contributed by atoms with Gasteiger partial charge in [-0.2, -0.15) is 4.39 Å². The van der Waals surface area contributed by atoms with Gasteiger partial charge >= 0.3 is 18.8 Å². The second kappa shape index (κ2) is 6.79. The number of hydrogen-bond donors (Lipinski definition) is 1. The number of alkyl halides is 3. The number of ether oxygens (including phenoxy) is 1. The lowest BCUT2D eigenvalue weighted by Crippen LogP contribution is -2.20. The van der Waals surface area contributed by atoms with Gasteiger partial charge in [-0.25, -0.2) is 18.6 Å². The summed E-state index contributed by atoms with van der Waals surface area (Å²) in [5.74, 6) is -1.77. The zero-order chi connectivity index (χ0) is 19.0. The van der Waals surface area contributed by atoms with Crippen LogP contribution in [0.3, 0.4) is 0 Å². The van der Waals surface area contributed by atoms with E-state index in [9.17, 15) is 22.8 Å². The van der Waals surface area contributed by atoms with Crippen molar-refractivity contribution in [1.82, 2.24) is 4.98 Å². The summed E-state index contributed by atoms with van der Waals surface area (Å²) in [6.45, 7) is 1.55. The number of aromatic carboxylic acids is 1. The summed E-state index contributed by atoms with van der Waals surface area (Å²) < 4.78 is 46.7. The van der Waals surface area contributed by atoms with Crippen LogP contribution in [0.5, 0.6) is 5.95 Å². The molecule has 2 heterocycles. The molecule has 0 saturated carbocycles. The van der Waals surface area contributed by atoms with E-state index in [-0.39, 0.29) is 15.8 Å². The van der Waals surface area contributed by atoms with Crippen molar-refractivity contribution >= 4 is 28.3 Å². The predicted octanol–water partition coefficient (Wildman–Crippen LogP) is 3.86. The van der Waals surface area contributed by atoms with Crippen LogP contribution in [0.2, 0.25) is 0 Å². The summed E-state index contributed by atoms with van der Waals surface area (Å²) in [5.41, 5.74) is 0.199. The van der Waals surface area contributed by atoms with Gasteiger partial charge in [0.2, 0.25) is 0 Å². The summed E-state index contributed by atoms with van der Waals surface area (Å²) in [6.07, 6.45) is -6.29. The lowest BCUT2D eigenvalue weighted by molar-refractivity contribution is -0.0767. The number of aromatic nitrogens is 1. The predicted molar refractivity (Wildman–Crippen MR) is 86.8 cm³/mol. The zero-order valence-corrected chi connectivity index (χ0v) is 13.9. The largest absolute Gasteiger partial charge is 0.477 e. The van der Waals surface area contributed by atoms with Crippen LogP contribution in [0.25, 0.3) is 21.5 Å². The Morgan fingerprint density at radius 1 is 1.31 bits per heavy atom. The van der Waals surface area contributed by atoms with E-state index >= 15 is 0 Å². The summed E-state index contributed by atoms with van der Waals surface area (Å²) in [5, 5.41) is 9.57. The topological polar surface area (TPSA) is 89.6 Å². The van der Waals surface area contributed by atoms with E-state index in [4.69, 9.17) is 9.52 Å². The van der Waals surface area contributed by atoms with Crippen LogP contribution in [-0.2, 0) is 0 Å². The van der Waals surface area contributed by atoms with Gasteiger partial charge in [-0.05, 0) is 25.1 Å². The van der Waals surface area contributed by atoms with Crippen LogP contribution in [0, 0.1) is 6.92 Å². The molecule has 136 valence electrons. The first-order valence-corrected chi connectivity index (χ1v) is 7.96. The van der Waals surface area contributed by atoms with Crippen LogP contribution >= 0.6 is 11.3 Å². The van der Waals surface area contributed by atoms with Gasteiger partial charge in [-0.15, -0.1) is 11.3 Å². The molecule has 1 N–H and O–H groups in total. The van der Waals surface area contributed by atoms with E-state index in [2.05, 4.69) is 9.72 Å². The molecule has 3 rings (SSSR count). The Balaban J connectivity index is 2.02. The Bertz CT molecular complexity index is 1050. The van der Waals surface area contributed by atoms with Crippen molar-refractivity contribution in [2.75, 3.05) is 0 Å². The fraction of sp³-hybridized carbons (Fsp3) is 0.188. The number of nitrogens with zero attached hydrogens (tertiary/aromatic N) is 1. The molecule has 0 aliphatic carbocycles. The number of carbonyl (C=O) groups is 1. The highest BCUT2D eigenvalue weighted by Gasteiger charge is 2.22. The number of rotatable bonds is 5. The summed E-state index contributed by atoms with van der Waals surface area (Å²) in [6, 6.07) is 5.07. The number of aryl methyl sites for hydroxylation is 1. The smallest absolute Gasteiger partial charge is 0.347 e. The number of fused-ring (bicyclic) bond motifs is 1. The third kappa shape index (κ3) is 3.40. The lowest BCUT2D eigenvalue weighted by atomic mass is 10.1. The maximum Gasteiger partial charge on any atom is 0.347 e. The molecule has 0 saturated heterocycles. The van der Waals surface area contributed by atoms with Gasteiger partial charge in [-0.3, -0.25) is 4.79 Å². The fourth-order valence-corrected chi connectivity index (χ4v) is 3.11. The minimum Gasteiger partial charge on any atom is -0.477 e. The van der Waals surface area contributed by atoms with E-state index < -0.39 is 30.1 Å². The molecule has 1 unspecified atom stereocenters. The summed E-state index contributed by atoms with van der Waals surface area (Å²) in [4.78, 5) is 27.5. The number of halogens is 3. The molecule has 6 nitrogen and oxygen atoms in total. The zero-order valence-electron chi connectivity index (χ0n) is 13.0. The average molecular weight is 385 g/mol. The molecule has 0 bridgehead atoms. The lowest BCUT2D eigenvalue weighted by Gasteiger charge is -2.09. The minimum atomic E-state index is -3.38. The van der Waals surface area contributed by atoms with E-state index in [0.29, 0.717) is 16.3 Å². The highest BCUT2D eigenvalue weighted by Crippen LogP contribution is 2.30. The Kier molecular flexibility index (Phi) is 4.68. The fourth-order valence-electron chi connectivity index (χ4n) is 2.21. The standard InChI is InChI=1S/C16H10F3NO5S/c1-6-12(16(22)23)26-15(20-6)7-2-3-10-8(4-7)9(21)5-11(24-10)25-14(19)13(17)18/h2-5,13-14H,1H3,(H,22,23). The van der Waals surface area contributed by atoms with E-state index in [1.165, 1.54) is 18.2 Å². The second-order valence-electron chi connectivity index (χ2n) is 5.18.